The molecular formula is C16H22FN5O2. The van der Waals surface area contributed by atoms with Gasteiger partial charge in [0.25, 0.3) is 0 Å². The number of nitrogens with one attached hydrogen (secondary N) is 3. The highest BCUT2D eigenvalue weighted by molar-refractivity contribution is 6.01. The Kier molecular flexibility index (Phi) is 6.11. The molecule has 3 N–H and O–H groups in total. The van der Waals surface area contributed by atoms with Crippen LogP contribution in [0, 0.1) is 12.7 Å². The zero-order chi connectivity index (χ0) is 17.5. The van der Waals surface area contributed by atoms with Crippen molar-refractivity contribution in [1.29, 1.82) is 0 Å². The van der Waals surface area contributed by atoms with Crippen LogP contribution in [-0.4, -0.2) is 49.0 Å². The average Bonchev–Trinajstić information content (AvgIpc) is 2.87. The molecular weight excluding hydrogens is 313 g/mol. The first-order chi connectivity index (χ1) is 11.5. The molecule has 130 valence electrons. The van der Waals surface area contributed by atoms with Crippen molar-refractivity contribution < 1.29 is 14.0 Å². The van der Waals surface area contributed by atoms with Gasteiger partial charge in [-0.15, -0.1) is 0 Å². The van der Waals surface area contributed by atoms with E-state index in [2.05, 4.69) is 20.9 Å². The number of carbonyl (C=O) groups is 2. The number of carbonyl (C=O) groups excluding carboxylic acids is 2. The molecule has 1 fully saturated rings. The summed E-state index contributed by atoms with van der Waals surface area (Å²) in [6, 6.07) is 4.52. The number of urea groups is 1. The zero-order valence-electron chi connectivity index (χ0n) is 13.9. The molecule has 3 amide bonds. The van der Waals surface area contributed by atoms with E-state index in [0.717, 1.165) is 5.56 Å². The second kappa shape index (κ2) is 8.28. The van der Waals surface area contributed by atoms with E-state index in [9.17, 15) is 14.0 Å². The highest BCUT2D eigenvalue weighted by Gasteiger charge is 2.27. The molecule has 7 nitrogen and oxygen atoms in total. The molecule has 0 spiro atoms. The number of nitrogens with zero attached hydrogens (tertiary/aromatic N) is 2. The van der Waals surface area contributed by atoms with Crippen LogP contribution < -0.4 is 16.0 Å². The second-order valence-corrected chi connectivity index (χ2v) is 5.41. The smallest absolute Gasteiger partial charge is 0.324 e. The minimum absolute atomic E-state index is 0.0525. The molecule has 1 heterocycles. The minimum atomic E-state index is -0.370. The molecule has 1 aromatic carbocycles. The fourth-order valence-corrected chi connectivity index (χ4v) is 2.28. The summed E-state index contributed by atoms with van der Waals surface area (Å²) in [5, 5.41) is 8.64. The van der Waals surface area contributed by atoms with Crippen LogP contribution in [0.25, 0.3) is 0 Å². The predicted molar refractivity (Wildman–Crippen MR) is 89.1 cm³/mol. The molecule has 1 aliphatic heterocycles. The highest BCUT2D eigenvalue weighted by Crippen LogP contribution is 2.10. The minimum Gasteiger partial charge on any atom is -0.357 e. The first-order valence-corrected chi connectivity index (χ1v) is 7.86. The number of rotatable bonds is 6. The number of amides is 3. The van der Waals surface area contributed by atoms with Crippen molar-refractivity contribution in [2.45, 2.75) is 20.4 Å². The molecule has 0 unspecified atom stereocenters. The van der Waals surface area contributed by atoms with Gasteiger partial charge in [0.2, 0.25) is 5.91 Å². The maximum Gasteiger partial charge on any atom is 0.324 e. The monoisotopic (exact) mass is 335 g/mol. The second-order valence-electron chi connectivity index (χ2n) is 5.41. The standard InChI is InChI=1S/C16H22FN5O2/c1-3-18-15(19-6-7-22-14(23)10-21-16(22)24)20-9-12-4-5-13(17)11(2)8-12/h4-5,8H,3,6-7,9-10H2,1-2H3,(H,21,24)(H2,18,19,20). The van der Waals surface area contributed by atoms with Crippen LogP contribution in [0.4, 0.5) is 9.18 Å². The molecule has 8 heteroatoms. The maximum absolute atomic E-state index is 13.3. The summed E-state index contributed by atoms with van der Waals surface area (Å²) in [5.74, 6) is 0.110. The van der Waals surface area contributed by atoms with Crippen molar-refractivity contribution in [2.75, 3.05) is 26.2 Å². The van der Waals surface area contributed by atoms with E-state index in [0.29, 0.717) is 31.2 Å². The van der Waals surface area contributed by atoms with E-state index in [-0.39, 0.29) is 30.8 Å². The first-order valence-electron chi connectivity index (χ1n) is 7.86. The Balaban J connectivity index is 1.89. The van der Waals surface area contributed by atoms with Gasteiger partial charge >= 0.3 is 6.03 Å². The van der Waals surface area contributed by atoms with Crippen molar-refractivity contribution in [3.05, 3.63) is 35.1 Å². The van der Waals surface area contributed by atoms with Crippen LogP contribution in [0.3, 0.4) is 0 Å². The fraction of sp³-hybridized carbons (Fsp3) is 0.438. The third-order valence-electron chi connectivity index (χ3n) is 3.55. The summed E-state index contributed by atoms with van der Waals surface area (Å²) in [6.45, 7) is 5.45. The lowest BCUT2D eigenvalue weighted by Crippen LogP contribution is -2.43. The number of benzene rings is 1. The third-order valence-corrected chi connectivity index (χ3v) is 3.55. The zero-order valence-corrected chi connectivity index (χ0v) is 13.9. The molecule has 1 saturated heterocycles. The van der Waals surface area contributed by atoms with Crippen molar-refractivity contribution in [3.8, 4) is 0 Å². The molecule has 1 aliphatic rings. The summed E-state index contributed by atoms with van der Waals surface area (Å²) in [4.78, 5) is 28.5. The Bertz CT molecular complexity index is 631. The van der Waals surface area contributed by atoms with Gasteiger partial charge in [0, 0.05) is 19.6 Å². The topological polar surface area (TPSA) is 85.8 Å². The first kappa shape index (κ1) is 17.7. The molecule has 0 aliphatic carbocycles. The lowest BCUT2D eigenvalue weighted by Gasteiger charge is -2.15. The van der Waals surface area contributed by atoms with Crippen LogP contribution >= 0.6 is 0 Å². The van der Waals surface area contributed by atoms with Crippen molar-refractivity contribution in [1.82, 2.24) is 20.9 Å². The number of aliphatic imine (C=N–C) groups is 1. The Hall–Kier alpha value is -2.64. The van der Waals surface area contributed by atoms with Gasteiger partial charge < -0.3 is 16.0 Å². The highest BCUT2D eigenvalue weighted by atomic mass is 19.1. The fourth-order valence-electron chi connectivity index (χ4n) is 2.28. The summed E-state index contributed by atoms with van der Waals surface area (Å²) in [7, 11) is 0. The Morgan fingerprint density at radius 3 is 2.79 bits per heavy atom. The molecule has 0 bridgehead atoms. The SMILES string of the molecule is CCNC(=NCc1ccc(F)c(C)c1)NCCN1C(=O)CNC1=O. The van der Waals surface area contributed by atoms with Gasteiger partial charge in [-0.3, -0.25) is 9.69 Å². The number of guanidine groups is 1. The molecule has 0 radical (unpaired) electrons. The lowest BCUT2D eigenvalue weighted by molar-refractivity contribution is -0.124. The van der Waals surface area contributed by atoms with E-state index in [1.54, 1.807) is 19.1 Å². The van der Waals surface area contributed by atoms with E-state index in [1.807, 2.05) is 6.92 Å². The van der Waals surface area contributed by atoms with E-state index >= 15 is 0 Å². The van der Waals surface area contributed by atoms with Crippen molar-refractivity contribution in [3.63, 3.8) is 0 Å². The van der Waals surface area contributed by atoms with Gasteiger partial charge in [0.15, 0.2) is 5.96 Å². The predicted octanol–water partition coefficient (Wildman–Crippen LogP) is 0.741. The molecule has 24 heavy (non-hydrogen) atoms. The Morgan fingerprint density at radius 1 is 1.38 bits per heavy atom. The molecule has 2 rings (SSSR count). The number of hydrogen-bond donors (Lipinski definition) is 3. The average molecular weight is 335 g/mol. The summed E-state index contributed by atoms with van der Waals surface area (Å²) < 4.78 is 13.3. The van der Waals surface area contributed by atoms with Crippen LogP contribution in [0.1, 0.15) is 18.1 Å². The van der Waals surface area contributed by atoms with Crippen molar-refractivity contribution >= 4 is 17.9 Å². The normalized spacial score (nSPS) is 14.8. The third kappa shape index (κ3) is 4.68. The number of hydrogen-bond acceptors (Lipinski definition) is 3. The van der Waals surface area contributed by atoms with Crippen LogP contribution in [0.15, 0.2) is 23.2 Å². The van der Waals surface area contributed by atoms with Gasteiger partial charge in [-0.1, -0.05) is 12.1 Å². The van der Waals surface area contributed by atoms with E-state index in [1.165, 1.54) is 11.0 Å². The summed E-state index contributed by atoms with van der Waals surface area (Å²) >= 11 is 0. The number of halogens is 1. The van der Waals surface area contributed by atoms with Crippen LogP contribution in [0.2, 0.25) is 0 Å². The van der Waals surface area contributed by atoms with E-state index < -0.39 is 0 Å². The lowest BCUT2D eigenvalue weighted by atomic mass is 10.1. The van der Waals surface area contributed by atoms with Crippen LogP contribution in [-0.2, 0) is 11.3 Å². The molecule has 0 aromatic heterocycles. The summed E-state index contributed by atoms with van der Waals surface area (Å²) in [5.41, 5.74) is 1.49. The molecule has 1 aromatic rings. The van der Waals surface area contributed by atoms with Gasteiger partial charge in [-0.25, -0.2) is 14.2 Å². The Labute approximate surface area is 140 Å². The van der Waals surface area contributed by atoms with Gasteiger partial charge in [0.05, 0.1) is 13.1 Å². The maximum atomic E-state index is 13.3. The largest absolute Gasteiger partial charge is 0.357 e. The number of imide groups is 1. The summed E-state index contributed by atoms with van der Waals surface area (Å²) in [6.07, 6.45) is 0. The molecule has 0 atom stereocenters. The van der Waals surface area contributed by atoms with Crippen LogP contribution in [0.5, 0.6) is 0 Å². The van der Waals surface area contributed by atoms with Gasteiger partial charge in [-0.2, -0.15) is 0 Å². The van der Waals surface area contributed by atoms with E-state index in [4.69, 9.17) is 0 Å². The Morgan fingerprint density at radius 2 is 2.17 bits per heavy atom. The van der Waals surface area contributed by atoms with Gasteiger partial charge in [-0.05, 0) is 31.0 Å². The number of aryl methyl sites for hydroxylation is 1. The quantitative estimate of drug-likeness (QED) is 0.407. The molecule has 0 saturated carbocycles. The van der Waals surface area contributed by atoms with Crippen molar-refractivity contribution in [2.24, 2.45) is 4.99 Å². The van der Waals surface area contributed by atoms with Gasteiger partial charge in [0.1, 0.15) is 5.82 Å².